The van der Waals surface area contributed by atoms with Crippen LogP contribution in [0, 0.1) is 25.7 Å². The van der Waals surface area contributed by atoms with Gasteiger partial charge in [-0.25, -0.2) is 0 Å². The van der Waals surface area contributed by atoms with Crippen molar-refractivity contribution in [2.75, 3.05) is 12.1 Å². The molecule has 2 aromatic rings. The predicted molar refractivity (Wildman–Crippen MR) is 127 cm³/mol. The lowest BCUT2D eigenvalue weighted by Gasteiger charge is -2.29. The number of anilines is 1. The minimum atomic E-state index is -1.41. The summed E-state index contributed by atoms with van der Waals surface area (Å²) in [5.41, 5.74) is 7.93. The van der Waals surface area contributed by atoms with Gasteiger partial charge in [-0.2, -0.15) is 0 Å². The van der Waals surface area contributed by atoms with E-state index in [1.807, 2.05) is 26.0 Å². The molecule has 0 aromatic heterocycles. The van der Waals surface area contributed by atoms with Crippen molar-refractivity contribution in [2.45, 2.75) is 44.8 Å². The predicted octanol–water partition coefficient (Wildman–Crippen LogP) is 1.22. The Hall–Kier alpha value is -3.92. The van der Waals surface area contributed by atoms with E-state index in [1.54, 1.807) is 18.2 Å². The summed E-state index contributed by atoms with van der Waals surface area (Å²) in [6.45, 7) is 4.03. The zero-order valence-corrected chi connectivity index (χ0v) is 19.9. The van der Waals surface area contributed by atoms with Gasteiger partial charge in [0, 0.05) is 23.7 Å². The monoisotopic (exact) mass is 490 g/mol. The molecule has 2 saturated heterocycles. The normalized spacial score (nSPS) is 27.6. The molecule has 4 N–H and O–H groups in total. The number of primary amides is 1. The Morgan fingerprint density at radius 1 is 1.11 bits per heavy atom. The van der Waals surface area contributed by atoms with Crippen LogP contribution in [0.5, 0.6) is 11.5 Å². The summed E-state index contributed by atoms with van der Waals surface area (Å²) in [5.74, 6) is -2.25. The summed E-state index contributed by atoms with van der Waals surface area (Å²) in [5, 5.41) is 6.29. The number of hydrogen-bond donors (Lipinski definition) is 3. The summed E-state index contributed by atoms with van der Waals surface area (Å²) in [4.78, 5) is 54.1. The standard InChI is InChI=1S/C26H26N4O6/c1-12-3-5-15-22(13(12)2)28-25(34)26(15)21-20(16(29-26)6-8-19(27)31)23(32)30(24(21)33)10-14-4-7-17-18(9-14)36-11-35-17/h3-5,7,9,16,20-21,29H,6,8,10-11H2,1-2H3,(H2,27,31)(H,28,34)/t16-,20-,21-,26+/m1/s1. The number of imide groups is 1. The number of nitrogens with zero attached hydrogens (tertiary/aromatic N) is 1. The van der Waals surface area contributed by atoms with Gasteiger partial charge in [0.25, 0.3) is 0 Å². The molecule has 0 saturated carbocycles. The lowest BCUT2D eigenvalue weighted by molar-refractivity contribution is -0.143. The smallest absolute Gasteiger partial charge is 0.250 e. The number of carbonyl (C=O) groups is 4. The van der Waals surface area contributed by atoms with Gasteiger partial charge in [-0.05, 0) is 49.1 Å². The molecule has 0 aliphatic carbocycles. The SMILES string of the molecule is Cc1ccc2c(c1C)NC(=O)[C@]21N[C@H](CCC(N)=O)[C@H]2C(=O)N(Cc3ccc4c(c3)OCO4)C(=O)[C@@H]21. The number of nitrogens with two attached hydrogens (primary N) is 1. The molecule has 0 bridgehead atoms. The minimum Gasteiger partial charge on any atom is -0.454 e. The number of fused-ring (bicyclic) bond motifs is 5. The number of aryl methyl sites for hydroxylation is 1. The number of carbonyl (C=O) groups excluding carboxylic acids is 4. The molecule has 1 spiro atoms. The maximum Gasteiger partial charge on any atom is 0.250 e. The van der Waals surface area contributed by atoms with Crippen molar-refractivity contribution in [3.63, 3.8) is 0 Å². The molecule has 0 radical (unpaired) electrons. The summed E-state index contributed by atoms with van der Waals surface area (Å²) in [6, 6.07) is 8.46. The van der Waals surface area contributed by atoms with Gasteiger partial charge in [-0.1, -0.05) is 18.2 Å². The first kappa shape index (κ1) is 22.5. The largest absolute Gasteiger partial charge is 0.454 e. The second-order valence-electron chi connectivity index (χ2n) is 9.90. The molecule has 4 amide bonds. The fourth-order valence-corrected chi connectivity index (χ4v) is 6.10. The van der Waals surface area contributed by atoms with Crippen LogP contribution in [0.3, 0.4) is 0 Å². The van der Waals surface area contributed by atoms with Crippen LogP contribution in [0.1, 0.15) is 35.1 Å². The number of ether oxygens (including phenoxy) is 2. The lowest BCUT2D eigenvalue weighted by atomic mass is 9.76. The number of amides is 4. The molecule has 10 heteroatoms. The Kier molecular flexibility index (Phi) is 4.88. The van der Waals surface area contributed by atoms with Crippen LogP contribution in [0.25, 0.3) is 0 Å². The molecule has 2 aromatic carbocycles. The second kappa shape index (κ2) is 7.79. The van der Waals surface area contributed by atoms with Gasteiger partial charge in [0.2, 0.25) is 30.4 Å². The summed E-state index contributed by atoms with van der Waals surface area (Å²) >= 11 is 0. The molecular formula is C26H26N4O6. The van der Waals surface area contributed by atoms with E-state index in [0.29, 0.717) is 28.3 Å². The molecule has 186 valence electrons. The highest BCUT2D eigenvalue weighted by atomic mass is 16.7. The van der Waals surface area contributed by atoms with Crippen LogP contribution in [-0.4, -0.2) is 41.4 Å². The highest BCUT2D eigenvalue weighted by molar-refractivity contribution is 6.15. The van der Waals surface area contributed by atoms with Gasteiger partial charge in [-0.3, -0.25) is 29.4 Å². The summed E-state index contributed by atoms with van der Waals surface area (Å²) in [6.07, 6.45) is 0.268. The topological polar surface area (TPSA) is 140 Å². The summed E-state index contributed by atoms with van der Waals surface area (Å²) < 4.78 is 10.8. The average molecular weight is 491 g/mol. The van der Waals surface area contributed by atoms with Crippen molar-refractivity contribution in [1.29, 1.82) is 0 Å². The zero-order chi connectivity index (χ0) is 25.4. The van der Waals surface area contributed by atoms with Gasteiger partial charge in [0.1, 0.15) is 5.54 Å². The van der Waals surface area contributed by atoms with E-state index in [4.69, 9.17) is 15.2 Å². The van der Waals surface area contributed by atoms with Crippen LogP contribution in [0.2, 0.25) is 0 Å². The number of likely N-dealkylation sites (tertiary alicyclic amines) is 1. The van der Waals surface area contributed by atoms with Gasteiger partial charge in [0.05, 0.1) is 18.4 Å². The van der Waals surface area contributed by atoms with Gasteiger partial charge < -0.3 is 20.5 Å². The van der Waals surface area contributed by atoms with Crippen molar-refractivity contribution < 1.29 is 28.7 Å². The first-order valence-corrected chi connectivity index (χ1v) is 11.9. The first-order valence-electron chi connectivity index (χ1n) is 11.9. The Morgan fingerprint density at radius 2 is 1.89 bits per heavy atom. The molecule has 6 rings (SSSR count). The van der Waals surface area contributed by atoms with Crippen molar-refractivity contribution in [2.24, 2.45) is 17.6 Å². The first-order chi connectivity index (χ1) is 17.2. The Bertz CT molecular complexity index is 1360. The van der Waals surface area contributed by atoms with E-state index in [-0.39, 0.29) is 38.0 Å². The molecule has 4 atom stereocenters. The molecule has 36 heavy (non-hydrogen) atoms. The van der Waals surface area contributed by atoms with Crippen LogP contribution in [0.15, 0.2) is 30.3 Å². The fourth-order valence-electron chi connectivity index (χ4n) is 6.10. The third-order valence-electron chi connectivity index (χ3n) is 7.99. The van der Waals surface area contributed by atoms with Crippen LogP contribution in [0.4, 0.5) is 5.69 Å². The third kappa shape index (κ3) is 3.00. The fraction of sp³-hybridized carbons (Fsp3) is 0.385. The lowest BCUT2D eigenvalue weighted by Crippen LogP contribution is -2.53. The van der Waals surface area contributed by atoms with Crippen molar-refractivity contribution >= 4 is 29.3 Å². The highest BCUT2D eigenvalue weighted by Gasteiger charge is 2.70. The Morgan fingerprint density at radius 3 is 2.67 bits per heavy atom. The maximum atomic E-state index is 13.9. The van der Waals surface area contributed by atoms with E-state index in [9.17, 15) is 19.2 Å². The number of rotatable bonds is 5. The third-order valence-corrected chi connectivity index (χ3v) is 7.99. The molecule has 10 nitrogen and oxygen atoms in total. The van der Waals surface area contributed by atoms with Crippen LogP contribution < -0.4 is 25.8 Å². The van der Waals surface area contributed by atoms with E-state index >= 15 is 0 Å². The van der Waals surface area contributed by atoms with Gasteiger partial charge >= 0.3 is 0 Å². The molecular weight excluding hydrogens is 464 g/mol. The van der Waals surface area contributed by atoms with Gasteiger partial charge in [-0.15, -0.1) is 0 Å². The average Bonchev–Trinajstić information content (AvgIpc) is 3.57. The maximum absolute atomic E-state index is 13.9. The summed E-state index contributed by atoms with van der Waals surface area (Å²) in [7, 11) is 0. The quantitative estimate of drug-likeness (QED) is 0.536. The van der Waals surface area contributed by atoms with Crippen molar-refractivity contribution in [3.8, 4) is 11.5 Å². The Labute approximate surface area is 207 Å². The number of nitrogens with one attached hydrogen (secondary N) is 2. The zero-order valence-electron chi connectivity index (χ0n) is 19.9. The number of benzene rings is 2. The molecule has 2 fully saturated rings. The number of hydrogen-bond acceptors (Lipinski definition) is 7. The van der Waals surface area contributed by atoms with Crippen LogP contribution >= 0.6 is 0 Å². The van der Waals surface area contributed by atoms with E-state index in [2.05, 4.69) is 10.6 Å². The van der Waals surface area contributed by atoms with E-state index in [1.165, 1.54) is 4.90 Å². The minimum absolute atomic E-state index is 0.0298. The van der Waals surface area contributed by atoms with Crippen molar-refractivity contribution in [1.82, 2.24) is 10.2 Å². The van der Waals surface area contributed by atoms with Crippen molar-refractivity contribution in [3.05, 3.63) is 52.6 Å². The van der Waals surface area contributed by atoms with Gasteiger partial charge in [0.15, 0.2) is 11.5 Å². The molecule has 4 heterocycles. The molecule has 4 aliphatic heterocycles. The molecule has 0 unspecified atom stereocenters. The van der Waals surface area contributed by atoms with E-state index in [0.717, 1.165) is 11.1 Å². The Balaban J connectivity index is 1.41. The second-order valence-corrected chi connectivity index (χ2v) is 9.90. The highest BCUT2D eigenvalue weighted by Crippen LogP contribution is 2.54. The van der Waals surface area contributed by atoms with Crippen LogP contribution in [-0.2, 0) is 31.3 Å². The van der Waals surface area contributed by atoms with E-state index < -0.39 is 35.2 Å². The molecule has 4 aliphatic rings.